The Hall–Kier alpha value is -4.38. The van der Waals surface area contributed by atoms with Gasteiger partial charge in [-0.3, -0.25) is 9.78 Å². The van der Waals surface area contributed by atoms with E-state index in [0.717, 1.165) is 29.7 Å². The predicted molar refractivity (Wildman–Crippen MR) is 142 cm³/mol. The molecule has 0 saturated carbocycles. The number of hydrogen-bond donors (Lipinski definition) is 0. The van der Waals surface area contributed by atoms with Gasteiger partial charge in [0.2, 0.25) is 5.95 Å². The lowest BCUT2D eigenvalue weighted by atomic mass is 10.0. The van der Waals surface area contributed by atoms with E-state index in [2.05, 4.69) is 27.9 Å². The molecule has 8 heteroatoms. The first-order chi connectivity index (χ1) is 18.0. The van der Waals surface area contributed by atoms with Gasteiger partial charge in [0.1, 0.15) is 5.82 Å². The first kappa shape index (κ1) is 25.7. The number of pyridine rings is 1. The monoisotopic (exact) mass is 494 g/mol. The minimum atomic E-state index is -0.172. The second kappa shape index (κ2) is 11.6. The number of nitrogens with zero attached hydrogens (tertiary/aromatic N) is 6. The van der Waals surface area contributed by atoms with Crippen LogP contribution in [0.1, 0.15) is 67.7 Å². The van der Waals surface area contributed by atoms with Gasteiger partial charge in [-0.2, -0.15) is 5.26 Å². The van der Waals surface area contributed by atoms with Gasteiger partial charge in [-0.1, -0.05) is 51.5 Å². The maximum Gasteiger partial charge on any atom is 0.264 e. The second-order valence-electron chi connectivity index (χ2n) is 9.10. The summed E-state index contributed by atoms with van der Waals surface area (Å²) in [7, 11) is 1.55. The highest BCUT2D eigenvalue weighted by atomic mass is 16.5. The summed E-state index contributed by atoms with van der Waals surface area (Å²) < 4.78 is 6.70. The molecule has 3 heterocycles. The van der Waals surface area contributed by atoms with Gasteiger partial charge in [-0.25, -0.2) is 19.5 Å². The molecule has 0 saturated heterocycles. The molecule has 0 aliphatic rings. The van der Waals surface area contributed by atoms with Gasteiger partial charge in [0.15, 0.2) is 5.75 Å². The molecule has 37 heavy (non-hydrogen) atoms. The van der Waals surface area contributed by atoms with Gasteiger partial charge >= 0.3 is 0 Å². The van der Waals surface area contributed by atoms with Crippen LogP contribution in [0.25, 0.3) is 17.2 Å². The SMILES string of the molecule is CCCCc1nc(C(C)C)n(-c2ncc(OC)cn2)c(=O)c1Cc1ccc(-c2ccccc2C#N)nc1. The Morgan fingerprint density at radius 1 is 1.05 bits per heavy atom. The van der Waals surface area contributed by atoms with Crippen molar-refractivity contribution in [1.82, 2.24) is 24.5 Å². The molecule has 0 unspecified atom stereocenters. The highest BCUT2D eigenvalue weighted by molar-refractivity contribution is 5.67. The summed E-state index contributed by atoms with van der Waals surface area (Å²) in [5, 5.41) is 9.43. The molecule has 4 aromatic rings. The fraction of sp³-hybridized carbons (Fsp3) is 0.310. The van der Waals surface area contributed by atoms with Crippen molar-refractivity contribution in [2.75, 3.05) is 7.11 Å². The highest BCUT2D eigenvalue weighted by Crippen LogP contribution is 2.23. The van der Waals surface area contributed by atoms with E-state index in [-0.39, 0.29) is 17.4 Å². The molecule has 0 radical (unpaired) electrons. The van der Waals surface area contributed by atoms with Crippen LogP contribution in [0.3, 0.4) is 0 Å². The first-order valence-corrected chi connectivity index (χ1v) is 12.4. The fourth-order valence-electron chi connectivity index (χ4n) is 4.15. The van der Waals surface area contributed by atoms with Crippen molar-refractivity contribution in [2.24, 2.45) is 0 Å². The minimum absolute atomic E-state index is 0.00557. The van der Waals surface area contributed by atoms with Gasteiger partial charge in [0.25, 0.3) is 5.56 Å². The summed E-state index contributed by atoms with van der Waals surface area (Å²) in [5.41, 5.74) is 4.19. The van der Waals surface area contributed by atoms with Crippen molar-refractivity contribution in [3.05, 3.63) is 93.6 Å². The lowest BCUT2D eigenvalue weighted by Gasteiger charge is -2.18. The Labute approximate surface area is 216 Å². The second-order valence-corrected chi connectivity index (χ2v) is 9.10. The summed E-state index contributed by atoms with van der Waals surface area (Å²) in [5.74, 6) is 1.41. The van der Waals surface area contributed by atoms with E-state index in [4.69, 9.17) is 9.72 Å². The zero-order valence-electron chi connectivity index (χ0n) is 21.6. The van der Waals surface area contributed by atoms with Crippen molar-refractivity contribution in [3.8, 4) is 29.0 Å². The Bertz CT molecular complexity index is 1470. The van der Waals surface area contributed by atoms with Crippen molar-refractivity contribution in [1.29, 1.82) is 5.26 Å². The first-order valence-electron chi connectivity index (χ1n) is 12.4. The summed E-state index contributed by atoms with van der Waals surface area (Å²) in [6.45, 7) is 6.14. The summed E-state index contributed by atoms with van der Waals surface area (Å²) >= 11 is 0. The van der Waals surface area contributed by atoms with Crippen molar-refractivity contribution >= 4 is 0 Å². The fourth-order valence-corrected chi connectivity index (χ4v) is 4.15. The number of rotatable bonds is 9. The van der Waals surface area contributed by atoms with Crippen molar-refractivity contribution in [2.45, 2.75) is 52.4 Å². The number of hydrogen-bond acceptors (Lipinski definition) is 7. The normalized spacial score (nSPS) is 10.9. The maximum atomic E-state index is 14.0. The molecule has 0 aliphatic carbocycles. The molecule has 8 nitrogen and oxygen atoms in total. The van der Waals surface area contributed by atoms with Gasteiger partial charge in [0, 0.05) is 29.7 Å². The highest BCUT2D eigenvalue weighted by Gasteiger charge is 2.21. The molecule has 3 aromatic heterocycles. The molecule has 0 N–H and O–H groups in total. The Morgan fingerprint density at radius 3 is 2.43 bits per heavy atom. The smallest absolute Gasteiger partial charge is 0.264 e. The lowest BCUT2D eigenvalue weighted by molar-refractivity contribution is 0.410. The third-order valence-corrected chi connectivity index (χ3v) is 6.15. The van der Waals surface area contributed by atoms with Crippen LogP contribution < -0.4 is 10.3 Å². The molecule has 0 spiro atoms. The average molecular weight is 495 g/mol. The largest absolute Gasteiger partial charge is 0.494 e. The van der Waals surface area contributed by atoms with Crippen LogP contribution in [0.4, 0.5) is 0 Å². The molecular weight excluding hydrogens is 464 g/mol. The summed E-state index contributed by atoms with van der Waals surface area (Å²) in [6, 6.07) is 13.4. The van der Waals surface area contributed by atoms with Gasteiger partial charge in [0.05, 0.1) is 42.5 Å². The number of methoxy groups -OCH3 is 1. The molecule has 188 valence electrons. The summed E-state index contributed by atoms with van der Waals surface area (Å²) in [4.78, 5) is 32.3. The van der Waals surface area contributed by atoms with E-state index >= 15 is 0 Å². The molecule has 0 fully saturated rings. The maximum absolute atomic E-state index is 14.0. The van der Waals surface area contributed by atoms with E-state index in [1.807, 2.05) is 44.2 Å². The van der Waals surface area contributed by atoms with E-state index in [0.29, 0.717) is 41.2 Å². The van der Waals surface area contributed by atoms with E-state index in [1.165, 1.54) is 4.57 Å². The number of nitriles is 1. The zero-order valence-corrected chi connectivity index (χ0v) is 21.6. The summed E-state index contributed by atoms with van der Waals surface area (Å²) in [6.07, 6.45) is 7.88. The van der Waals surface area contributed by atoms with Crippen LogP contribution >= 0.6 is 0 Å². The third-order valence-electron chi connectivity index (χ3n) is 6.15. The number of benzene rings is 1. The molecule has 0 atom stereocenters. The van der Waals surface area contributed by atoms with Crippen LogP contribution in [0.15, 0.2) is 59.8 Å². The lowest BCUT2D eigenvalue weighted by Crippen LogP contribution is -2.31. The molecule has 0 bridgehead atoms. The van der Waals surface area contributed by atoms with E-state index in [9.17, 15) is 10.1 Å². The standard InChI is InChI=1S/C29H30N6O2/c1-5-6-11-26-24(14-20-12-13-25(31-16-20)23-10-8-7-9-21(23)15-30)28(36)35(27(34-26)19(2)3)29-32-17-22(37-4)18-33-29/h7-10,12-13,16-19H,5-6,11,14H2,1-4H3. The molecule has 0 amide bonds. The number of ether oxygens (including phenoxy) is 1. The zero-order chi connectivity index (χ0) is 26.4. The molecule has 0 aliphatic heterocycles. The quantitative estimate of drug-likeness (QED) is 0.321. The van der Waals surface area contributed by atoms with Crippen molar-refractivity contribution < 1.29 is 4.74 Å². The Kier molecular flexibility index (Phi) is 8.04. The van der Waals surface area contributed by atoms with Crippen LogP contribution in [0.5, 0.6) is 5.75 Å². The number of unbranched alkanes of at least 4 members (excludes halogenated alkanes) is 1. The number of aryl methyl sites for hydroxylation is 1. The molecule has 4 rings (SSSR count). The van der Waals surface area contributed by atoms with Crippen LogP contribution in [-0.2, 0) is 12.8 Å². The van der Waals surface area contributed by atoms with Crippen LogP contribution in [-0.4, -0.2) is 31.6 Å². The van der Waals surface area contributed by atoms with Crippen molar-refractivity contribution in [3.63, 3.8) is 0 Å². The van der Waals surface area contributed by atoms with E-state index in [1.54, 1.807) is 31.8 Å². The van der Waals surface area contributed by atoms with Crippen LogP contribution in [0, 0.1) is 11.3 Å². The Balaban J connectivity index is 1.79. The number of aromatic nitrogens is 5. The third kappa shape index (κ3) is 5.56. The molecular formula is C29H30N6O2. The topological polar surface area (TPSA) is 107 Å². The van der Waals surface area contributed by atoms with Gasteiger partial charge in [-0.15, -0.1) is 0 Å². The van der Waals surface area contributed by atoms with Gasteiger partial charge < -0.3 is 4.74 Å². The minimum Gasteiger partial charge on any atom is -0.494 e. The molecule has 1 aromatic carbocycles. The predicted octanol–water partition coefficient (Wildman–Crippen LogP) is 5.02. The Morgan fingerprint density at radius 2 is 1.81 bits per heavy atom. The van der Waals surface area contributed by atoms with Gasteiger partial charge in [-0.05, 0) is 30.5 Å². The average Bonchev–Trinajstić information content (AvgIpc) is 2.93. The van der Waals surface area contributed by atoms with Crippen LogP contribution in [0.2, 0.25) is 0 Å². The van der Waals surface area contributed by atoms with E-state index < -0.39 is 0 Å².